The summed E-state index contributed by atoms with van der Waals surface area (Å²) in [6, 6.07) is 8.97. The highest BCUT2D eigenvalue weighted by Gasteiger charge is 2.43. The van der Waals surface area contributed by atoms with E-state index in [-0.39, 0.29) is 0 Å². The summed E-state index contributed by atoms with van der Waals surface area (Å²) in [6.07, 6.45) is -0.166. The molecule has 2 aliphatic rings. The van der Waals surface area contributed by atoms with Crippen molar-refractivity contribution in [3.8, 4) is 11.5 Å². The molecule has 0 aliphatic carbocycles. The number of carbonyl (C=O) groups excluding carboxylic acids is 1. The van der Waals surface area contributed by atoms with Crippen LogP contribution in [0.2, 0.25) is 0 Å². The Morgan fingerprint density at radius 2 is 2.03 bits per heavy atom. The third kappa shape index (κ3) is 3.80. The first kappa shape index (κ1) is 21.3. The lowest BCUT2D eigenvalue weighted by Crippen LogP contribution is -2.33. The van der Waals surface area contributed by atoms with Crippen LogP contribution in [0.1, 0.15) is 73.4 Å². The number of benzene rings is 2. The molecule has 0 saturated carbocycles. The normalized spacial score (nSPS) is 20.3. The fourth-order valence-electron chi connectivity index (χ4n) is 4.53. The number of hydrogen-bond donors (Lipinski definition) is 1. The molecule has 2 aliphatic heterocycles. The zero-order valence-corrected chi connectivity index (χ0v) is 18.7. The van der Waals surface area contributed by atoms with Crippen molar-refractivity contribution in [3.05, 3.63) is 58.1 Å². The van der Waals surface area contributed by atoms with Gasteiger partial charge < -0.3 is 15.2 Å². The molecular weight excluding hydrogens is 395 g/mol. The predicted octanol–water partition coefficient (Wildman–Crippen LogP) is 4.73. The average Bonchev–Trinajstić information content (AvgIpc) is 3.01. The van der Waals surface area contributed by atoms with Crippen molar-refractivity contribution in [2.45, 2.75) is 64.8 Å². The molecule has 0 saturated heterocycles. The van der Waals surface area contributed by atoms with Gasteiger partial charge in [-0.15, -0.1) is 0 Å². The molecule has 2 N–H and O–H groups in total. The van der Waals surface area contributed by atoms with Gasteiger partial charge in [0.25, 0.3) is 0 Å². The summed E-state index contributed by atoms with van der Waals surface area (Å²) < 4.78 is 27.7. The van der Waals surface area contributed by atoms with Crippen molar-refractivity contribution < 1.29 is 18.7 Å². The molecule has 4 rings (SSSR count). The fraction of sp³-hybridized carbons (Fsp3) is 0.440. The molecule has 6 heteroatoms. The van der Waals surface area contributed by atoms with Crippen molar-refractivity contribution in [2.75, 3.05) is 6.61 Å². The van der Waals surface area contributed by atoms with Gasteiger partial charge >= 0.3 is 0 Å². The van der Waals surface area contributed by atoms with E-state index in [0.717, 1.165) is 22.4 Å². The van der Waals surface area contributed by atoms with Crippen LogP contribution in [-0.4, -0.2) is 29.4 Å². The maximum Gasteiger partial charge on any atom is 0.248 e. The van der Waals surface area contributed by atoms with Crippen LogP contribution in [0.15, 0.2) is 35.3 Å². The van der Waals surface area contributed by atoms with Crippen LogP contribution >= 0.6 is 0 Å². The number of ether oxygens (including phenoxy) is 2. The first-order valence-electron chi connectivity index (χ1n) is 10.7. The summed E-state index contributed by atoms with van der Waals surface area (Å²) in [5.74, 6) is 0.780. The van der Waals surface area contributed by atoms with Crippen molar-refractivity contribution in [1.82, 2.24) is 0 Å². The molecule has 5 nitrogen and oxygen atoms in total. The molecule has 0 spiro atoms. The SMILES string of the molecule is CCOc1cc2c(c3c1OC(C)(C)C3)C(Cc1cccc(C(N)=O)c1)=NC(C)(C)C2F. The maximum atomic E-state index is 15.7. The number of nitrogens with two attached hydrogens (primary N) is 1. The lowest BCUT2D eigenvalue weighted by atomic mass is 9.80. The first-order valence-corrected chi connectivity index (χ1v) is 10.7. The molecule has 1 atom stereocenters. The summed E-state index contributed by atoms with van der Waals surface area (Å²) in [7, 11) is 0. The molecule has 0 aromatic heterocycles. The van der Waals surface area contributed by atoms with Gasteiger partial charge in [0.2, 0.25) is 5.91 Å². The van der Waals surface area contributed by atoms with Crippen LogP contribution < -0.4 is 15.2 Å². The predicted molar refractivity (Wildman–Crippen MR) is 119 cm³/mol. The number of carbonyl (C=O) groups is 1. The molecule has 1 unspecified atom stereocenters. The molecule has 2 heterocycles. The van der Waals surface area contributed by atoms with E-state index < -0.39 is 23.2 Å². The summed E-state index contributed by atoms with van der Waals surface area (Å²) >= 11 is 0. The second kappa shape index (κ2) is 7.36. The van der Waals surface area contributed by atoms with Crippen molar-refractivity contribution in [2.24, 2.45) is 10.7 Å². The number of aliphatic imine (C=N–C) groups is 1. The molecule has 0 fully saturated rings. The van der Waals surface area contributed by atoms with Gasteiger partial charge in [0.05, 0.1) is 12.1 Å². The summed E-state index contributed by atoms with van der Waals surface area (Å²) in [4.78, 5) is 16.5. The molecule has 0 bridgehead atoms. The number of alkyl halides is 1. The van der Waals surface area contributed by atoms with Crippen LogP contribution in [0, 0.1) is 0 Å². The lowest BCUT2D eigenvalue weighted by molar-refractivity contribution is 0.1000. The van der Waals surface area contributed by atoms with E-state index in [4.69, 9.17) is 20.2 Å². The van der Waals surface area contributed by atoms with Gasteiger partial charge in [0.1, 0.15) is 5.60 Å². The average molecular weight is 425 g/mol. The van der Waals surface area contributed by atoms with Gasteiger partial charge in [-0.2, -0.15) is 0 Å². The highest BCUT2D eigenvalue weighted by atomic mass is 19.1. The number of amides is 1. The minimum absolute atomic E-state index is 0.418. The molecule has 1 amide bonds. The van der Waals surface area contributed by atoms with E-state index in [9.17, 15) is 4.79 Å². The molecule has 164 valence electrons. The van der Waals surface area contributed by atoms with Crippen molar-refractivity contribution in [3.63, 3.8) is 0 Å². The van der Waals surface area contributed by atoms with E-state index in [1.807, 2.05) is 26.8 Å². The zero-order valence-electron chi connectivity index (χ0n) is 18.7. The molecule has 31 heavy (non-hydrogen) atoms. The summed E-state index contributed by atoms with van der Waals surface area (Å²) in [5, 5.41) is 0. The van der Waals surface area contributed by atoms with E-state index in [1.165, 1.54) is 0 Å². The Morgan fingerprint density at radius 3 is 2.71 bits per heavy atom. The third-order valence-corrected chi connectivity index (χ3v) is 5.84. The van der Waals surface area contributed by atoms with E-state index in [1.54, 1.807) is 38.1 Å². The van der Waals surface area contributed by atoms with Gasteiger partial charge in [0.15, 0.2) is 17.7 Å². The van der Waals surface area contributed by atoms with Crippen molar-refractivity contribution in [1.29, 1.82) is 0 Å². The van der Waals surface area contributed by atoms with Gasteiger partial charge in [-0.25, -0.2) is 4.39 Å². The fourth-order valence-corrected chi connectivity index (χ4v) is 4.53. The second-order valence-electron chi connectivity index (χ2n) is 9.43. The minimum Gasteiger partial charge on any atom is -0.490 e. The minimum atomic E-state index is -1.27. The third-order valence-electron chi connectivity index (χ3n) is 5.84. The van der Waals surface area contributed by atoms with E-state index >= 15 is 4.39 Å². The Labute approximate surface area is 182 Å². The Balaban J connectivity index is 1.89. The Kier molecular flexibility index (Phi) is 5.07. The van der Waals surface area contributed by atoms with Gasteiger partial charge in [-0.05, 0) is 58.4 Å². The highest BCUT2D eigenvalue weighted by molar-refractivity contribution is 6.07. The maximum absolute atomic E-state index is 15.7. The van der Waals surface area contributed by atoms with Gasteiger partial charge in [0, 0.05) is 40.8 Å². The lowest BCUT2D eigenvalue weighted by Gasteiger charge is -2.34. The highest BCUT2D eigenvalue weighted by Crippen LogP contribution is 2.50. The topological polar surface area (TPSA) is 73.9 Å². The summed E-state index contributed by atoms with van der Waals surface area (Å²) in [5.41, 5.74) is 8.58. The standard InChI is InChI=1S/C25H29FN2O3/c1-6-30-19-12-16-20(17-13-24(2,3)31-21(17)19)18(28-25(4,5)22(16)26)11-14-8-7-9-15(10-14)23(27)29/h7-10,12,22H,6,11,13H2,1-5H3,(H2,27,29). The Morgan fingerprint density at radius 1 is 1.29 bits per heavy atom. The largest absolute Gasteiger partial charge is 0.490 e. The van der Waals surface area contributed by atoms with E-state index in [0.29, 0.717) is 42.1 Å². The number of rotatable bonds is 5. The first-order chi connectivity index (χ1) is 14.5. The number of nitrogens with zero attached hydrogens (tertiary/aromatic N) is 1. The molecule has 2 aromatic rings. The monoisotopic (exact) mass is 424 g/mol. The quantitative estimate of drug-likeness (QED) is 0.754. The van der Waals surface area contributed by atoms with Crippen LogP contribution in [0.5, 0.6) is 11.5 Å². The number of primary amides is 1. The van der Waals surface area contributed by atoms with Crippen LogP contribution in [-0.2, 0) is 12.8 Å². The Hall–Kier alpha value is -2.89. The van der Waals surface area contributed by atoms with Gasteiger partial charge in [-0.1, -0.05) is 12.1 Å². The Bertz CT molecular complexity index is 1090. The molecule has 0 radical (unpaired) electrons. The van der Waals surface area contributed by atoms with Crippen LogP contribution in [0.4, 0.5) is 4.39 Å². The van der Waals surface area contributed by atoms with Crippen molar-refractivity contribution >= 4 is 11.6 Å². The summed E-state index contributed by atoms with van der Waals surface area (Å²) in [6.45, 7) is 10.0. The second-order valence-corrected chi connectivity index (χ2v) is 9.43. The zero-order chi connectivity index (χ0) is 22.6. The van der Waals surface area contributed by atoms with Crippen LogP contribution in [0.3, 0.4) is 0 Å². The molecule has 2 aromatic carbocycles. The van der Waals surface area contributed by atoms with Crippen LogP contribution in [0.25, 0.3) is 0 Å². The molecular formula is C25H29FN2O3. The number of hydrogen-bond acceptors (Lipinski definition) is 4. The smallest absolute Gasteiger partial charge is 0.248 e. The number of halogens is 1. The number of fused-ring (bicyclic) bond motifs is 3. The van der Waals surface area contributed by atoms with E-state index in [2.05, 4.69) is 0 Å². The van der Waals surface area contributed by atoms with Gasteiger partial charge in [-0.3, -0.25) is 9.79 Å².